The summed E-state index contributed by atoms with van der Waals surface area (Å²) in [4.78, 5) is 0. The molecule has 80 valence electrons. The molecule has 0 aliphatic carbocycles. The SMILES string of the molecule is Cc1nn(C)c(SC(C)C)c1CCN. The van der Waals surface area contributed by atoms with Crippen molar-refractivity contribution in [1.29, 1.82) is 0 Å². The van der Waals surface area contributed by atoms with E-state index in [4.69, 9.17) is 5.73 Å². The predicted molar refractivity (Wildman–Crippen MR) is 61.7 cm³/mol. The zero-order valence-electron chi connectivity index (χ0n) is 9.37. The van der Waals surface area contributed by atoms with Crippen LogP contribution in [0.25, 0.3) is 0 Å². The molecule has 0 aromatic carbocycles. The molecule has 0 amide bonds. The molecule has 14 heavy (non-hydrogen) atoms. The van der Waals surface area contributed by atoms with Crippen LogP contribution in [-0.2, 0) is 13.5 Å². The largest absolute Gasteiger partial charge is 0.330 e. The van der Waals surface area contributed by atoms with Gasteiger partial charge in [0, 0.05) is 17.9 Å². The van der Waals surface area contributed by atoms with Gasteiger partial charge in [-0.1, -0.05) is 13.8 Å². The predicted octanol–water partition coefficient (Wildman–Crippen LogP) is 1.73. The summed E-state index contributed by atoms with van der Waals surface area (Å²) in [6, 6.07) is 0. The third-order valence-corrected chi connectivity index (χ3v) is 3.24. The van der Waals surface area contributed by atoms with Crippen LogP contribution < -0.4 is 5.73 Å². The van der Waals surface area contributed by atoms with Crippen molar-refractivity contribution in [1.82, 2.24) is 9.78 Å². The van der Waals surface area contributed by atoms with E-state index in [1.807, 2.05) is 23.5 Å². The third kappa shape index (κ3) is 2.51. The quantitative estimate of drug-likeness (QED) is 0.775. The van der Waals surface area contributed by atoms with Gasteiger partial charge in [0.1, 0.15) is 0 Å². The Kier molecular flexibility index (Phi) is 4.01. The summed E-state index contributed by atoms with van der Waals surface area (Å²) < 4.78 is 1.96. The number of nitrogens with zero attached hydrogens (tertiary/aromatic N) is 2. The minimum Gasteiger partial charge on any atom is -0.330 e. The molecule has 0 saturated carbocycles. The first-order valence-electron chi connectivity index (χ1n) is 4.95. The summed E-state index contributed by atoms with van der Waals surface area (Å²) in [6.07, 6.45) is 0.925. The zero-order chi connectivity index (χ0) is 10.7. The molecule has 0 aliphatic heterocycles. The number of aryl methyl sites for hydroxylation is 2. The lowest BCUT2D eigenvalue weighted by molar-refractivity contribution is 0.687. The maximum atomic E-state index is 5.59. The fourth-order valence-electron chi connectivity index (χ4n) is 1.48. The molecule has 0 aliphatic rings. The summed E-state index contributed by atoms with van der Waals surface area (Å²) in [6.45, 7) is 7.13. The van der Waals surface area contributed by atoms with Crippen molar-refractivity contribution in [3.05, 3.63) is 11.3 Å². The topological polar surface area (TPSA) is 43.8 Å². The summed E-state index contributed by atoms with van der Waals surface area (Å²) in [7, 11) is 2.00. The second-order valence-corrected chi connectivity index (χ2v) is 5.26. The highest BCUT2D eigenvalue weighted by atomic mass is 32.2. The van der Waals surface area contributed by atoms with Gasteiger partial charge in [-0.25, -0.2) is 0 Å². The molecule has 2 N–H and O–H groups in total. The van der Waals surface area contributed by atoms with Gasteiger partial charge >= 0.3 is 0 Å². The van der Waals surface area contributed by atoms with Gasteiger partial charge in [-0.15, -0.1) is 11.8 Å². The number of hydrogen-bond acceptors (Lipinski definition) is 3. The summed E-state index contributed by atoms with van der Waals surface area (Å²) in [5.41, 5.74) is 8.02. The molecule has 0 radical (unpaired) electrons. The molecule has 1 aromatic rings. The van der Waals surface area contributed by atoms with Gasteiger partial charge in [-0.05, 0) is 19.9 Å². The van der Waals surface area contributed by atoms with Gasteiger partial charge in [0.15, 0.2) is 0 Å². The van der Waals surface area contributed by atoms with Gasteiger partial charge < -0.3 is 5.73 Å². The van der Waals surface area contributed by atoms with Crippen LogP contribution in [0, 0.1) is 6.92 Å². The lowest BCUT2D eigenvalue weighted by Gasteiger charge is -2.07. The average molecular weight is 213 g/mol. The third-order valence-electron chi connectivity index (χ3n) is 2.03. The van der Waals surface area contributed by atoms with Gasteiger partial charge in [-0.2, -0.15) is 5.10 Å². The Morgan fingerprint density at radius 1 is 1.50 bits per heavy atom. The van der Waals surface area contributed by atoms with E-state index in [-0.39, 0.29) is 0 Å². The Morgan fingerprint density at radius 3 is 2.64 bits per heavy atom. The molecule has 1 aromatic heterocycles. The average Bonchev–Trinajstić information content (AvgIpc) is 2.31. The van der Waals surface area contributed by atoms with Gasteiger partial charge in [0.2, 0.25) is 0 Å². The Morgan fingerprint density at radius 2 is 2.14 bits per heavy atom. The number of nitrogens with two attached hydrogens (primary N) is 1. The smallest absolute Gasteiger partial charge is 0.0974 e. The monoisotopic (exact) mass is 213 g/mol. The van der Waals surface area contributed by atoms with E-state index < -0.39 is 0 Å². The molecular formula is C10H19N3S. The highest BCUT2D eigenvalue weighted by Crippen LogP contribution is 2.28. The summed E-state index contributed by atoms with van der Waals surface area (Å²) in [5.74, 6) is 0. The molecule has 1 heterocycles. The fraction of sp³-hybridized carbons (Fsp3) is 0.700. The minimum atomic E-state index is 0.585. The van der Waals surface area contributed by atoms with Gasteiger partial charge in [-0.3, -0.25) is 4.68 Å². The maximum Gasteiger partial charge on any atom is 0.0974 e. The normalized spacial score (nSPS) is 11.3. The number of thioether (sulfide) groups is 1. The van der Waals surface area contributed by atoms with Crippen LogP contribution in [0.1, 0.15) is 25.1 Å². The summed E-state index contributed by atoms with van der Waals surface area (Å²) in [5, 5.41) is 6.27. The van der Waals surface area contributed by atoms with Crippen LogP contribution in [-0.4, -0.2) is 21.6 Å². The lowest BCUT2D eigenvalue weighted by atomic mass is 10.2. The van der Waals surface area contributed by atoms with E-state index in [1.165, 1.54) is 10.6 Å². The fourth-order valence-corrected chi connectivity index (χ4v) is 2.52. The molecular weight excluding hydrogens is 194 g/mol. The first-order valence-corrected chi connectivity index (χ1v) is 5.83. The van der Waals surface area contributed by atoms with Crippen molar-refractivity contribution in [2.75, 3.05) is 6.54 Å². The number of hydrogen-bond donors (Lipinski definition) is 1. The van der Waals surface area contributed by atoms with Crippen molar-refractivity contribution in [3.8, 4) is 0 Å². The van der Waals surface area contributed by atoms with Crippen molar-refractivity contribution in [3.63, 3.8) is 0 Å². The van der Waals surface area contributed by atoms with E-state index in [9.17, 15) is 0 Å². The van der Waals surface area contributed by atoms with E-state index >= 15 is 0 Å². The van der Waals surface area contributed by atoms with Crippen molar-refractivity contribution in [2.45, 2.75) is 37.5 Å². The summed E-state index contributed by atoms with van der Waals surface area (Å²) >= 11 is 1.86. The molecule has 3 nitrogen and oxygen atoms in total. The first kappa shape index (κ1) is 11.6. The number of rotatable bonds is 4. The van der Waals surface area contributed by atoms with Crippen molar-refractivity contribution >= 4 is 11.8 Å². The number of aromatic nitrogens is 2. The lowest BCUT2D eigenvalue weighted by Crippen LogP contribution is -2.05. The van der Waals surface area contributed by atoms with Crippen molar-refractivity contribution in [2.24, 2.45) is 12.8 Å². The van der Waals surface area contributed by atoms with Crippen molar-refractivity contribution < 1.29 is 0 Å². The Balaban J connectivity index is 2.98. The Bertz CT molecular complexity index is 305. The van der Waals surface area contributed by atoms with Crippen LogP contribution in [0.5, 0.6) is 0 Å². The first-order chi connectivity index (χ1) is 6.56. The van der Waals surface area contributed by atoms with Crippen LogP contribution in [0.3, 0.4) is 0 Å². The Hall–Kier alpha value is -0.480. The molecule has 0 spiro atoms. The van der Waals surface area contributed by atoms with E-state index in [0.717, 1.165) is 12.1 Å². The van der Waals surface area contributed by atoms with Gasteiger partial charge in [0.25, 0.3) is 0 Å². The van der Waals surface area contributed by atoms with Gasteiger partial charge in [0.05, 0.1) is 10.7 Å². The molecule has 0 saturated heterocycles. The molecule has 0 fully saturated rings. The second kappa shape index (κ2) is 4.84. The van der Waals surface area contributed by atoms with E-state index in [1.54, 1.807) is 0 Å². The minimum absolute atomic E-state index is 0.585. The highest BCUT2D eigenvalue weighted by molar-refractivity contribution is 7.99. The second-order valence-electron chi connectivity index (χ2n) is 3.70. The molecule has 1 rings (SSSR count). The molecule has 0 bridgehead atoms. The Labute approximate surface area is 90.1 Å². The maximum absolute atomic E-state index is 5.59. The zero-order valence-corrected chi connectivity index (χ0v) is 10.2. The van der Waals surface area contributed by atoms with Crippen LogP contribution in [0.2, 0.25) is 0 Å². The van der Waals surface area contributed by atoms with Crippen LogP contribution >= 0.6 is 11.8 Å². The standard InChI is InChI=1S/C10H19N3S/c1-7(2)14-10-9(5-6-11)8(3)12-13(10)4/h7H,5-6,11H2,1-4H3. The molecule has 0 unspecified atom stereocenters. The van der Waals surface area contributed by atoms with Crippen LogP contribution in [0.4, 0.5) is 0 Å². The van der Waals surface area contributed by atoms with E-state index in [0.29, 0.717) is 11.8 Å². The van der Waals surface area contributed by atoms with E-state index in [2.05, 4.69) is 25.9 Å². The molecule has 4 heteroatoms. The van der Waals surface area contributed by atoms with Crippen LogP contribution in [0.15, 0.2) is 5.03 Å². The highest BCUT2D eigenvalue weighted by Gasteiger charge is 2.13. The molecule has 0 atom stereocenters.